The van der Waals surface area contributed by atoms with Crippen LogP contribution in [0, 0.1) is 5.92 Å². The van der Waals surface area contributed by atoms with Crippen molar-refractivity contribution in [2.75, 3.05) is 6.61 Å². The van der Waals surface area contributed by atoms with Crippen LogP contribution in [0.4, 0.5) is 0 Å². The van der Waals surface area contributed by atoms with Crippen LogP contribution in [0.15, 0.2) is 198 Å². The van der Waals surface area contributed by atoms with Crippen LogP contribution in [0.3, 0.4) is 0 Å². The van der Waals surface area contributed by atoms with Gasteiger partial charge in [0.15, 0.2) is 0 Å². The van der Waals surface area contributed by atoms with Crippen molar-refractivity contribution in [3.05, 3.63) is 198 Å². The molecule has 0 aromatic carbocycles. The van der Waals surface area contributed by atoms with E-state index in [1.807, 2.05) is 0 Å². The fraction of sp³-hybridized carbons (Fsp3) is 0.622. The van der Waals surface area contributed by atoms with Crippen LogP contribution < -0.4 is 0 Å². The molecule has 0 heterocycles. The molecular formula is C90H148O. The van der Waals surface area contributed by atoms with E-state index in [-0.39, 0.29) is 0 Å². The smallest absolute Gasteiger partial charge is 0.0433 e. The second-order valence-electron chi connectivity index (χ2n) is 28.9. The molecule has 0 aliphatic rings. The molecule has 1 N–H and O–H groups in total. The largest absolute Gasteiger partial charge is 0.396 e. The number of allylic oxidation sites excluding steroid dienone is 34. The summed E-state index contributed by atoms with van der Waals surface area (Å²) >= 11 is 0. The van der Waals surface area contributed by atoms with Crippen molar-refractivity contribution in [1.29, 1.82) is 0 Å². The minimum atomic E-state index is 0.309. The summed E-state index contributed by atoms with van der Waals surface area (Å²) < 4.78 is 0. The van der Waals surface area contributed by atoms with Gasteiger partial charge in [-0.15, -0.1) is 0 Å². The Morgan fingerprint density at radius 3 is 0.429 bits per heavy atom. The van der Waals surface area contributed by atoms with Gasteiger partial charge < -0.3 is 5.11 Å². The number of hydrogen-bond donors (Lipinski definition) is 1. The van der Waals surface area contributed by atoms with Gasteiger partial charge in [-0.2, -0.15) is 0 Å². The molecule has 1 nitrogen and oxygen atoms in total. The minimum absolute atomic E-state index is 0.309. The van der Waals surface area contributed by atoms with Gasteiger partial charge in [-0.25, -0.2) is 0 Å². The van der Waals surface area contributed by atoms with E-state index in [1.54, 1.807) is 0 Å². The Labute approximate surface area is 568 Å². The van der Waals surface area contributed by atoms with Crippen LogP contribution in [0.25, 0.3) is 0 Å². The highest BCUT2D eigenvalue weighted by molar-refractivity contribution is 5.14. The Kier molecular flexibility index (Phi) is 55.3. The Balaban J connectivity index is 4.34. The van der Waals surface area contributed by atoms with Crippen molar-refractivity contribution in [2.45, 2.75) is 356 Å². The molecule has 0 aromatic heterocycles. The molecule has 0 fully saturated rings. The first kappa shape index (κ1) is 86.5. The highest BCUT2D eigenvalue weighted by Crippen LogP contribution is 2.22. The first-order valence-electron chi connectivity index (χ1n) is 37.2. The third kappa shape index (κ3) is 59.1. The molecule has 1 heteroatoms. The van der Waals surface area contributed by atoms with Crippen LogP contribution in [0.5, 0.6) is 0 Å². The number of hydrogen-bond acceptors (Lipinski definition) is 1. The molecule has 1 atom stereocenters. The maximum atomic E-state index is 9.11. The normalized spacial score (nSPS) is 15.4. The van der Waals surface area contributed by atoms with Crippen molar-refractivity contribution >= 4 is 0 Å². The summed E-state index contributed by atoms with van der Waals surface area (Å²) in [4.78, 5) is 0. The lowest BCUT2D eigenvalue weighted by Crippen LogP contribution is -1.97. The van der Waals surface area contributed by atoms with Gasteiger partial charge in [0.05, 0.1) is 0 Å². The highest BCUT2D eigenvalue weighted by Gasteiger charge is 2.03. The van der Waals surface area contributed by atoms with E-state index in [1.165, 1.54) is 204 Å². The molecule has 0 saturated carbocycles. The van der Waals surface area contributed by atoms with Gasteiger partial charge in [0.25, 0.3) is 0 Å². The summed E-state index contributed by atoms with van der Waals surface area (Å²) in [5.74, 6) is 0.611. The molecule has 0 spiro atoms. The Morgan fingerprint density at radius 2 is 0.308 bits per heavy atom. The number of rotatable bonds is 53. The van der Waals surface area contributed by atoms with E-state index in [2.05, 4.69) is 235 Å². The topological polar surface area (TPSA) is 20.2 Å². The zero-order valence-electron chi connectivity index (χ0n) is 63.8. The summed E-state index contributed by atoms with van der Waals surface area (Å²) in [7, 11) is 0. The number of aliphatic hydroxyl groups is 1. The van der Waals surface area contributed by atoms with Crippen LogP contribution in [0.1, 0.15) is 356 Å². The van der Waals surface area contributed by atoms with E-state index in [0.29, 0.717) is 12.5 Å². The molecule has 0 aliphatic heterocycles. The summed E-state index contributed by atoms with van der Waals surface area (Å²) in [6, 6.07) is 0. The third-order valence-electron chi connectivity index (χ3n) is 18.3. The van der Waals surface area contributed by atoms with E-state index < -0.39 is 0 Å². The van der Waals surface area contributed by atoms with Gasteiger partial charge in [-0.05, 0) is 355 Å². The van der Waals surface area contributed by atoms with Crippen molar-refractivity contribution < 1.29 is 5.11 Å². The maximum Gasteiger partial charge on any atom is 0.0433 e. The highest BCUT2D eigenvalue weighted by atomic mass is 16.3. The molecule has 0 bridgehead atoms. The zero-order chi connectivity index (χ0) is 67.9. The van der Waals surface area contributed by atoms with Crippen LogP contribution >= 0.6 is 0 Å². The molecule has 0 radical (unpaired) electrons. The first-order valence-corrected chi connectivity index (χ1v) is 37.2. The monoisotopic (exact) mass is 1250 g/mol. The second kappa shape index (κ2) is 58.1. The fourth-order valence-corrected chi connectivity index (χ4v) is 11.4. The summed E-state index contributed by atoms with van der Waals surface area (Å²) in [5, 5.41) is 9.11. The molecule has 514 valence electrons. The van der Waals surface area contributed by atoms with Crippen LogP contribution in [0.2, 0.25) is 0 Å². The van der Waals surface area contributed by atoms with Gasteiger partial charge in [0, 0.05) is 6.61 Å². The molecule has 0 aliphatic carbocycles. The van der Waals surface area contributed by atoms with Crippen molar-refractivity contribution in [3.8, 4) is 0 Å². The van der Waals surface area contributed by atoms with Gasteiger partial charge in [0.2, 0.25) is 0 Å². The molecule has 0 rings (SSSR count). The van der Waals surface area contributed by atoms with Gasteiger partial charge in [-0.1, -0.05) is 205 Å². The first-order chi connectivity index (χ1) is 43.5. The van der Waals surface area contributed by atoms with Crippen molar-refractivity contribution in [1.82, 2.24) is 0 Å². The van der Waals surface area contributed by atoms with Crippen LogP contribution in [-0.4, -0.2) is 11.7 Å². The van der Waals surface area contributed by atoms with Crippen LogP contribution in [-0.2, 0) is 0 Å². The summed E-state index contributed by atoms with van der Waals surface area (Å²) in [6.07, 6.45) is 82.2. The predicted octanol–water partition coefficient (Wildman–Crippen LogP) is 30.4. The maximum absolute atomic E-state index is 9.11. The molecule has 0 aromatic rings. The zero-order valence-corrected chi connectivity index (χ0v) is 63.8. The Morgan fingerprint density at radius 1 is 0.187 bits per heavy atom. The van der Waals surface area contributed by atoms with Gasteiger partial charge in [0.1, 0.15) is 0 Å². The Hall–Kier alpha value is -4.46. The SMILES string of the molecule is CC(C)=CCCC(C)=CCCC(C)=CCCC(C)=CCCC(C)=CCCC(C)=CCCC(C)=CCCC(C)=CCCC(C)=CCCC(C)=CCCC(C)=CCCC(C)=CCCC(C)=CCCC(C)=CCCC(C)=CCCC(C)=CCCC(C)=CCCC(C)CCO. The molecule has 1 unspecified atom stereocenters. The lowest BCUT2D eigenvalue weighted by Gasteiger charge is -2.07. The van der Waals surface area contributed by atoms with E-state index in [0.717, 1.165) is 116 Å². The molecule has 91 heavy (non-hydrogen) atoms. The van der Waals surface area contributed by atoms with Gasteiger partial charge in [-0.3, -0.25) is 0 Å². The van der Waals surface area contributed by atoms with E-state index in [9.17, 15) is 0 Å². The summed E-state index contributed by atoms with van der Waals surface area (Å²) in [6.45, 7) is 43.9. The predicted molar refractivity (Wildman–Crippen MR) is 417 cm³/mol. The fourth-order valence-electron chi connectivity index (χ4n) is 11.4. The van der Waals surface area contributed by atoms with E-state index in [4.69, 9.17) is 5.11 Å². The standard InChI is InChI=1S/C90H148O/c1-73(2)37-20-38-74(3)39-21-40-75(4)41-22-42-76(5)43-23-44-77(6)45-24-46-78(7)47-25-48-79(8)49-26-50-80(9)51-27-52-81(10)53-28-54-82(11)55-29-56-83(12)57-30-58-84(13)59-31-60-85(14)61-32-62-86(15)63-33-64-87(16)65-34-66-88(17)67-35-68-89(18)69-36-70-90(19)71-72-91/h37,39,41,43,45,47,49,51,53,55,57,59,61,63,65,67,69,90-91H,20-36,38,40,42,44,46,48,50,52,54,56,58,60,62,64,66,68,70-72H2,1-19H3. The lowest BCUT2D eigenvalue weighted by molar-refractivity contribution is 0.259. The van der Waals surface area contributed by atoms with Crippen molar-refractivity contribution in [3.63, 3.8) is 0 Å². The Bertz CT molecular complexity index is 2510. The van der Waals surface area contributed by atoms with E-state index >= 15 is 0 Å². The minimum Gasteiger partial charge on any atom is -0.396 e. The molecular weight excluding hydrogens is 1100 g/mol. The average Bonchev–Trinajstić information content (AvgIpc) is 3.47. The molecule has 0 saturated heterocycles. The third-order valence-corrected chi connectivity index (χ3v) is 18.3. The quantitative estimate of drug-likeness (QED) is 0.0602. The van der Waals surface area contributed by atoms with Gasteiger partial charge >= 0.3 is 0 Å². The second-order valence-corrected chi connectivity index (χ2v) is 28.9. The summed E-state index contributed by atoms with van der Waals surface area (Å²) in [5.41, 5.74) is 25.8. The number of aliphatic hydroxyl groups excluding tert-OH is 1. The van der Waals surface area contributed by atoms with Crippen molar-refractivity contribution in [2.24, 2.45) is 5.92 Å². The average molecular weight is 1250 g/mol. The molecule has 0 amide bonds. The lowest BCUT2D eigenvalue weighted by atomic mass is 10.0.